The minimum atomic E-state index is -1.87. The second-order valence-electron chi connectivity index (χ2n) is 7.77. The number of hydrogen-bond acceptors (Lipinski definition) is 13. The maximum atomic E-state index is 12.9. The molecule has 2 aliphatic heterocycles. The van der Waals surface area contributed by atoms with Gasteiger partial charge in [-0.25, -0.2) is 9.78 Å². The maximum Gasteiger partial charge on any atom is 0.335 e. The van der Waals surface area contributed by atoms with Crippen molar-refractivity contribution in [3.05, 3.63) is 23.9 Å². The molecular weight excluding hydrogens is 476 g/mol. The van der Waals surface area contributed by atoms with E-state index in [1.807, 2.05) is 0 Å². The summed E-state index contributed by atoms with van der Waals surface area (Å²) in [6, 6.07) is 2.73. The summed E-state index contributed by atoms with van der Waals surface area (Å²) in [5.41, 5.74) is 0.262. The summed E-state index contributed by atoms with van der Waals surface area (Å²) < 4.78 is 26.0. The Kier molecular flexibility index (Phi) is 8.81. The number of hydrogen-bond donors (Lipinski definition) is 6. The van der Waals surface area contributed by atoms with Crippen molar-refractivity contribution >= 4 is 24.0 Å². The number of nitrogens with zero attached hydrogens (tertiary/aromatic N) is 1. The fraction of sp³-hybridized carbons (Fsp3) is 0.600. The lowest BCUT2D eigenvalue weighted by atomic mass is 9.96. The van der Waals surface area contributed by atoms with Crippen LogP contribution in [0.5, 0.6) is 0 Å². The Morgan fingerprint density at radius 2 is 1.57 bits per heavy atom. The van der Waals surface area contributed by atoms with Crippen LogP contribution in [-0.2, 0) is 33.3 Å². The monoisotopic (exact) mass is 502 g/mol. The predicted molar refractivity (Wildman–Crippen MR) is 110 cm³/mol. The molecule has 2 saturated heterocycles. The molecule has 2 aliphatic rings. The molecular formula is C20H26N2O13. The number of aliphatic hydroxyl groups is 4. The molecule has 0 spiro atoms. The molecule has 15 heteroatoms. The van der Waals surface area contributed by atoms with E-state index in [2.05, 4.69) is 10.3 Å². The Morgan fingerprint density at radius 3 is 2.11 bits per heavy atom. The zero-order valence-corrected chi connectivity index (χ0v) is 18.5. The summed E-state index contributed by atoms with van der Waals surface area (Å²) in [5.74, 6) is -2.42. The molecule has 2 fully saturated rings. The number of aliphatic hydroxyl groups excluding tert-OH is 4. The first-order valence-corrected chi connectivity index (χ1v) is 10.3. The highest BCUT2D eigenvalue weighted by molar-refractivity contribution is 5.94. The Morgan fingerprint density at radius 1 is 0.943 bits per heavy atom. The number of amides is 1. The zero-order valence-electron chi connectivity index (χ0n) is 18.5. The van der Waals surface area contributed by atoms with Crippen molar-refractivity contribution in [2.45, 2.75) is 61.4 Å². The zero-order chi connectivity index (χ0) is 25.9. The number of pyridine rings is 1. The lowest BCUT2D eigenvalue weighted by Gasteiger charge is -2.45. The van der Waals surface area contributed by atoms with Gasteiger partial charge in [0.2, 0.25) is 0 Å². The molecule has 35 heavy (non-hydrogen) atoms. The van der Waals surface area contributed by atoms with Crippen LogP contribution in [0.2, 0.25) is 0 Å². The summed E-state index contributed by atoms with van der Waals surface area (Å²) in [4.78, 5) is 39.2. The lowest BCUT2D eigenvalue weighted by molar-refractivity contribution is -0.348. The topological polar surface area (TPSA) is 223 Å². The average molecular weight is 502 g/mol. The van der Waals surface area contributed by atoms with Gasteiger partial charge in [-0.1, -0.05) is 0 Å². The summed E-state index contributed by atoms with van der Waals surface area (Å²) in [7, 11) is 2.28. The number of aldehydes is 1. The Balaban J connectivity index is 1.80. The highest BCUT2D eigenvalue weighted by atomic mass is 16.7. The first kappa shape index (κ1) is 27.0. The van der Waals surface area contributed by atoms with Gasteiger partial charge in [0.25, 0.3) is 5.91 Å². The van der Waals surface area contributed by atoms with E-state index in [9.17, 15) is 39.9 Å². The molecule has 1 aromatic rings. The summed E-state index contributed by atoms with van der Waals surface area (Å²) in [6.07, 6.45) is -15.4. The number of carboxylic acid groups (broad SMARTS) is 1. The molecule has 15 nitrogen and oxygen atoms in total. The van der Waals surface area contributed by atoms with Crippen LogP contribution in [0.25, 0.3) is 0 Å². The van der Waals surface area contributed by atoms with Gasteiger partial charge in [-0.05, 0) is 12.1 Å². The molecule has 6 N–H and O–H groups in total. The number of ether oxygens (including phenoxy) is 5. The van der Waals surface area contributed by atoms with E-state index in [4.69, 9.17) is 23.7 Å². The summed E-state index contributed by atoms with van der Waals surface area (Å²) in [5, 5.41) is 53.4. The third kappa shape index (κ3) is 5.64. The van der Waals surface area contributed by atoms with Crippen molar-refractivity contribution in [3.63, 3.8) is 0 Å². The van der Waals surface area contributed by atoms with E-state index >= 15 is 0 Å². The summed E-state index contributed by atoms with van der Waals surface area (Å²) in [6.45, 7) is 0. The number of rotatable bonds is 8. The number of carbonyl (C=O) groups excluding carboxylic acids is 2. The van der Waals surface area contributed by atoms with Crippen LogP contribution in [0.4, 0.5) is 5.82 Å². The van der Waals surface area contributed by atoms with Gasteiger partial charge in [0.15, 0.2) is 31.1 Å². The van der Waals surface area contributed by atoms with Gasteiger partial charge in [0.1, 0.15) is 42.4 Å². The van der Waals surface area contributed by atoms with Crippen LogP contribution in [-0.4, -0.2) is 124 Å². The number of anilines is 1. The molecule has 0 saturated carbocycles. The van der Waals surface area contributed by atoms with Gasteiger partial charge in [-0.3, -0.25) is 9.59 Å². The predicted octanol–water partition coefficient (Wildman–Crippen LogP) is -3.14. The van der Waals surface area contributed by atoms with E-state index < -0.39 is 73.3 Å². The van der Waals surface area contributed by atoms with Gasteiger partial charge in [-0.2, -0.15) is 0 Å². The largest absolute Gasteiger partial charge is 0.479 e. The maximum absolute atomic E-state index is 12.9. The molecule has 3 heterocycles. The number of aromatic nitrogens is 1. The van der Waals surface area contributed by atoms with E-state index in [1.165, 1.54) is 18.3 Å². The van der Waals surface area contributed by atoms with E-state index in [-0.39, 0.29) is 11.4 Å². The number of aliphatic carboxylic acids is 1. The lowest BCUT2D eigenvalue weighted by Crippen LogP contribution is -2.66. The number of methoxy groups -OCH3 is 2. The third-order valence-electron chi connectivity index (χ3n) is 5.56. The molecule has 10 atom stereocenters. The van der Waals surface area contributed by atoms with Crippen molar-refractivity contribution < 1.29 is 63.6 Å². The van der Waals surface area contributed by atoms with Crippen LogP contribution in [0, 0.1) is 0 Å². The first-order chi connectivity index (χ1) is 16.6. The highest BCUT2D eigenvalue weighted by Crippen LogP contribution is 2.30. The fourth-order valence-corrected chi connectivity index (χ4v) is 3.71. The van der Waals surface area contributed by atoms with E-state index in [1.54, 1.807) is 0 Å². The molecule has 3 rings (SSSR count). The molecule has 10 unspecified atom stereocenters. The number of carboxylic acids is 1. The normalized spacial score (nSPS) is 37.4. The smallest absolute Gasteiger partial charge is 0.335 e. The third-order valence-corrected chi connectivity index (χ3v) is 5.56. The number of carbonyl (C=O) groups is 3. The van der Waals surface area contributed by atoms with Crippen LogP contribution in [0.15, 0.2) is 18.3 Å². The van der Waals surface area contributed by atoms with Gasteiger partial charge in [0.05, 0.1) is 0 Å². The van der Waals surface area contributed by atoms with Gasteiger partial charge >= 0.3 is 5.97 Å². The number of nitrogens with one attached hydrogen (secondary N) is 1. The second kappa shape index (κ2) is 11.4. The van der Waals surface area contributed by atoms with Gasteiger partial charge < -0.3 is 54.5 Å². The highest BCUT2D eigenvalue weighted by Gasteiger charge is 2.54. The summed E-state index contributed by atoms with van der Waals surface area (Å²) >= 11 is 0. The fourth-order valence-electron chi connectivity index (χ4n) is 3.71. The van der Waals surface area contributed by atoms with Gasteiger partial charge in [-0.15, -0.1) is 0 Å². The van der Waals surface area contributed by atoms with Crippen molar-refractivity contribution in [1.82, 2.24) is 4.98 Å². The molecule has 194 valence electrons. The minimum absolute atomic E-state index is 0.0351. The van der Waals surface area contributed by atoms with Crippen molar-refractivity contribution in [1.29, 1.82) is 0 Å². The van der Waals surface area contributed by atoms with Crippen LogP contribution < -0.4 is 5.32 Å². The van der Waals surface area contributed by atoms with Crippen LogP contribution in [0.1, 0.15) is 10.4 Å². The average Bonchev–Trinajstić information content (AvgIpc) is 2.84. The van der Waals surface area contributed by atoms with Crippen molar-refractivity contribution in [2.24, 2.45) is 0 Å². The molecule has 1 amide bonds. The Labute approximate surface area is 198 Å². The first-order valence-electron chi connectivity index (χ1n) is 10.3. The van der Waals surface area contributed by atoms with Gasteiger partial charge in [0, 0.05) is 26.0 Å². The molecule has 0 bridgehead atoms. The standard InChI is InChI=1S/C20H26N2O13/c1-31-13-9(24)12(27)20(33-14-10(25)11(26)19(32-2)35-16(14)18(29)30)34-15(13)17(28)22-8-4-3-7(6-23)5-21-8/h3-6,9-16,19-20,24-27H,1-2H3,(H,29,30)(H,21,22,28). The molecule has 1 aromatic heterocycles. The Bertz CT molecular complexity index is 900. The SMILES string of the molecule is COC1OC(C(=O)O)C(OC2OC(C(=O)Nc3ccc(C=O)cn3)C(OC)C(O)C2O)C(O)C1O. The molecule has 0 aromatic carbocycles. The Hall–Kier alpha value is -2.60. The minimum Gasteiger partial charge on any atom is -0.479 e. The van der Waals surface area contributed by atoms with Crippen molar-refractivity contribution in [2.75, 3.05) is 19.5 Å². The van der Waals surface area contributed by atoms with E-state index in [0.717, 1.165) is 14.2 Å². The van der Waals surface area contributed by atoms with Crippen LogP contribution in [0.3, 0.4) is 0 Å². The molecule has 0 aliphatic carbocycles. The van der Waals surface area contributed by atoms with Crippen LogP contribution >= 0.6 is 0 Å². The van der Waals surface area contributed by atoms with E-state index in [0.29, 0.717) is 6.29 Å². The van der Waals surface area contributed by atoms with Crippen molar-refractivity contribution in [3.8, 4) is 0 Å². The quantitative estimate of drug-likeness (QED) is 0.193. The molecule has 0 radical (unpaired) electrons. The second-order valence-corrected chi connectivity index (χ2v) is 7.77.